The van der Waals surface area contributed by atoms with Crippen molar-refractivity contribution in [1.82, 2.24) is 0 Å². The molecule has 160 valence electrons. The normalized spacial score (nSPS) is 12.4. The van der Waals surface area contributed by atoms with Gasteiger partial charge in [0, 0.05) is 4.88 Å². The first-order chi connectivity index (χ1) is 14.0. The quantitative estimate of drug-likeness (QED) is 0.429. The molecule has 3 N–H and O–H groups in total. The Morgan fingerprint density at radius 2 is 1.79 bits per heavy atom. The van der Waals surface area contributed by atoms with Crippen LogP contribution in [0.25, 0.3) is 5.57 Å². The highest BCUT2D eigenvalue weighted by molar-refractivity contribution is 7.10. The van der Waals surface area contributed by atoms with Gasteiger partial charge in [-0.05, 0) is 77.9 Å². The Bertz CT molecular complexity index is 790. The Morgan fingerprint density at radius 1 is 1.07 bits per heavy atom. The molecule has 2 aromatic rings. The number of thiophene rings is 1. The molecular weight excluding hydrogens is 384 g/mol. The standard InChI is InChI=1S/C24H34O4S/c1-4-18(8-7-11-24(27,5-2)6-3)21-13-23(29-17-21)16-28-22-10-9-19(14-25)20(12-22)15-26/h8-10,12-13,17,25-27H,4-7,11,14-16H2,1-3H3/b18-8-. The van der Waals surface area contributed by atoms with Gasteiger partial charge in [0.1, 0.15) is 12.4 Å². The van der Waals surface area contributed by atoms with Gasteiger partial charge in [0.25, 0.3) is 0 Å². The van der Waals surface area contributed by atoms with E-state index in [1.807, 2.05) is 19.9 Å². The first kappa shape index (κ1) is 23.6. The summed E-state index contributed by atoms with van der Waals surface area (Å²) in [6.45, 7) is 6.50. The lowest BCUT2D eigenvalue weighted by molar-refractivity contribution is 0.0246. The van der Waals surface area contributed by atoms with Crippen LogP contribution >= 0.6 is 11.3 Å². The van der Waals surface area contributed by atoms with Crippen LogP contribution in [0.4, 0.5) is 0 Å². The van der Waals surface area contributed by atoms with Crippen molar-refractivity contribution in [1.29, 1.82) is 0 Å². The molecule has 0 fully saturated rings. The summed E-state index contributed by atoms with van der Waals surface area (Å²) < 4.78 is 5.88. The highest BCUT2D eigenvalue weighted by Crippen LogP contribution is 2.28. The molecule has 0 atom stereocenters. The summed E-state index contributed by atoms with van der Waals surface area (Å²) in [7, 11) is 0. The molecule has 0 radical (unpaired) electrons. The SMILES string of the molecule is CC/C(=C/CCC(O)(CC)CC)c1csc(COc2ccc(CO)c(CO)c2)c1. The molecule has 0 saturated heterocycles. The summed E-state index contributed by atoms with van der Waals surface area (Å²) in [5.41, 5.74) is 3.37. The van der Waals surface area contributed by atoms with Gasteiger partial charge in [0.15, 0.2) is 0 Å². The Kier molecular flexibility index (Phi) is 9.37. The minimum Gasteiger partial charge on any atom is -0.488 e. The molecule has 0 amide bonds. The fourth-order valence-electron chi connectivity index (χ4n) is 3.36. The molecule has 5 heteroatoms. The van der Waals surface area contributed by atoms with E-state index in [0.717, 1.165) is 37.0 Å². The number of rotatable bonds is 12. The van der Waals surface area contributed by atoms with Crippen LogP contribution in [0.3, 0.4) is 0 Å². The Hall–Kier alpha value is -1.66. The van der Waals surface area contributed by atoms with Crippen LogP contribution in [0.2, 0.25) is 0 Å². The summed E-state index contributed by atoms with van der Waals surface area (Å²) in [4.78, 5) is 1.13. The van der Waals surface area contributed by atoms with Gasteiger partial charge in [0.05, 0.1) is 18.8 Å². The van der Waals surface area contributed by atoms with E-state index in [1.54, 1.807) is 23.5 Å². The zero-order valence-corrected chi connectivity index (χ0v) is 18.6. The lowest BCUT2D eigenvalue weighted by Crippen LogP contribution is -2.25. The second kappa shape index (κ2) is 11.5. The highest BCUT2D eigenvalue weighted by atomic mass is 32.1. The topological polar surface area (TPSA) is 69.9 Å². The molecule has 0 aliphatic carbocycles. The molecule has 1 aromatic heterocycles. The molecule has 0 aliphatic heterocycles. The first-order valence-corrected chi connectivity index (χ1v) is 11.3. The minimum atomic E-state index is -0.554. The lowest BCUT2D eigenvalue weighted by Gasteiger charge is -2.24. The molecule has 0 saturated carbocycles. The van der Waals surface area contributed by atoms with Crippen molar-refractivity contribution in [3.63, 3.8) is 0 Å². The number of aliphatic hydroxyl groups excluding tert-OH is 2. The van der Waals surface area contributed by atoms with Crippen molar-refractivity contribution in [3.8, 4) is 5.75 Å². The number of aliphatic hydroxyl groups is 3. The van der Waals surface area contributed by atoms with Crippen molar-refractivity contribution < 1.29 is 20.1 Å². The van der Waals surface area contributed by atoms with Gasteiger partial charge in [-0.3, -0.25) is 0 Å². The maximum absolute atomic E-state index is 10.5. The summed E-state index contributed by atoms with van der Waals surface area (Å²) in [6.07, 6.45) is 6.46. The predicted molar refractivity (Wildman–Crippen MR) is 120 cm³/mol. The highest BCUT2D eigenvalue weighted by Gasteiger charge is 2.20. The average molecular weight is 419 g/mol. The largest absolute Gasteiger partial charge is 0.488 e. The fraction of sp³-hybridized carbons (Fsp3) is 0.500. The molecule has 0 aliphatic rings. The van der Waals surface area contributed by atoms with Crippen LogP contribution in [0, 0.1) is 0 Å². The van der Waals surface area contributed by atoms with Crippen molar-refractivity contribution >= 4 is 16.9 Å². The van der Waals surface area contributed by atoms with Crippen molar-refractivity contribution in [3.05, 3.63) is 57.3 Å². The van der Waals surface area contributed by atoms with E-state index in [0.29, 0.717) is 23.5 Å². The zero-order valence-electron chi connectivity index (χ0n) is 17.8. The van der Waals surface area contributed by atoms with Crippen LogP contribution in [-0.4, -0.2) is 20.9 Å². The van der Waals surface area contributed by atoms with E-state index in [1.165, 1.54) is 11.1 Å². The summed E-state index contributed by atoms with van der Waals surface area (Å²) in [5, 5.41) is 31.3. The van der Waals surface area contributed by atoms with Crippen LogP contribution in [0.1, 0.15) is 74.4 Å². The molecule has 4 nitrogen and oxygen atoms in total. The molecule has 0 bridgehead atoms. The third kappa shape index (κ3) is 6.68. The van der Waals surface area contributed by atoms with Crippen molar-refractivity contribution in [2.45, 2.75) is 78.3 Å². The summed E-state index contributed by atoms with van der Waals surface area (Å²) >= 11 is 1.67. The lowest BCUT2D eigenvalue weighted by atomic mass is 9.91. The average Bonchev–Trinajstić information content (AvgIpc) is 3.23. The molecule has 1 heterocycles. The number of benzene rings is 1. The van der Waals surface area contributed by atoms with Gasteiger partial charge in [-0.2, -0.15) is 0 Å². The fourth-order valence-corrected chi connectivity index (χ4v) is 4.18. The van der Waals surface area contributed by atoms with E-state index in [9.17, 15) is 15.3 Å². The second-order valence-corrected chi connectivity index (χ2v) is 8.39. The van der Waals surface area contributed by atoms with Crippen LogP contribution < -0.4 is 4.74 Å². The zero-order chi connectivity index (χ0) is 21.3. The maximum Gasteiger partial charge on any atom is 0.122 e. The molecule has 29 heavy (non-hydrogen) atoms. The number of ether oxygens (including phenoxy) is 1. The summed E-state index contributed by atoms with van der Waals surface area (Å²) in [6, 6.07) is 7.55. The maximum atomic E-state index is 10.5. The monoisotopic (exact) mass is 418 g/mol. The van der Waals surface area contributed by atoms with Crippen molar-refractivity contribution in [2.75, 3.05) is 0 Å². The van der Waals surface area contributed by atoms with E-state index in [4.69, 9.17) is 4.74 Å². The van der Waals surface area contributed by atoms with E-state index >= 15 is 0 Å². The van der Waals surface area contributed by atoms with Crippen LogP contribution in [0.5, 0.6) is 5.75 Å². The Balaban J connectivity index is 1.99. The molecule has 2 rings (SSSR count). The van der Waals surface area contributed by atoms with Gasteiger partial charge in [-0.15, -0.1) is 11.3 Å². The number of allylic oxidation sites excluding steroid dienone is 2. The van der Waals surface area contributed by atoms with Gasteiger partial charge < -0.3 is 20.1 Å². The van der Waals surface area contributed by atoms with Gasteiger partial charge >= 0.3 is 0 Å². The third-order valence-electron chi connectivity index (χ3n) is 5.62. The first-order valence-electron chi connectivity index (χ1n) is 10.4. The van der Waals surface area contributed by atoms with Gasteiger partial charge in [0.2, 0.25) is 0 Å². The van der Waals surface area contributed by atoms with E-state index in [2.05, 4.69) is 24.4 Å². The second-order valence-electron chi connectivity index (χ2n) is 7.39. The van der Waals surface area contributed by atoms with Crippen LogP contribution in [-0.2, 0) is 19.8 Å². The molecule has 0 spiro atoms. The predicted octanol–water partition coefficient (Wildman–Crippen LogP) is 5.44. The molecule has 1 aromatic carbocycles. The van der Waals surface area contributed by atoms with E-state index in [-0.39, 0.29) is 13.2 Å². The summed E-state index contributed by atoms with van der Waals surface area (Å²) in [5.74, 6) is 0.686. The van der Waals surface area contributed by atoms with E-state index < -0.39 is 5.60 Å². The Morgan fingerprint density at radius 3 is 2.41 bits per heavy atom. The van der Waals surface area contributed by atoms with Gasteiger partial charge in [-0.1, -0.05) is 32.9 Å². The molecule has 0 unspecified atom stereocenters. The van der Waals surface area contributed by atoms with Gasteiger partial charge in [-0.25, -0.2) is 0 Å². The third-order valence-corrected chi connectivity index (χ3v) is 6.53. The molecular formula is C24H34O4S. The van der Waals surface area contributed by atoms with Crippen molar-refractivity contribution in [2.24, 2.45) is 0 Å². The smallest absolute Gasteiger partial charge is 0.122 e. The number of hydrogen-bond acceptors (Lipinski definition) is 5. The number of hydrogen-bond donors (Lipinski definition) is 3. The van der Waals surface area contributed by atoms with Crippen LogP contribution in [0.15, 0.2) is 35.7 Å². The Labute approximate surface area is 178 Å². The minimum absolute atomic E-state index is 0.0928.